The molecule has 0 saturated carbocycles. The molecule has 6 N–H and O–H groups in total. The van der Waals surface area contributed by atoms with Gasteiger partial charge in [0, 0.05) is 47.2 Å². The summed E-state index contributed by atoms with van der Waals surface area (Å²) in [5.41, 5.74) is 11.5. The summed E-state index contributed by atoms with van der Waals surface area (Å²) in [4.78, 5) is 7.94. The normalized spacial score (nSPS) is 20.3. The van der Waals surface area contributed by atoms with Crippen LogP contribution in [0.2, 0.25) is 0 Å². The van der Waals surface area contributed by atoms with Crippen LogP contribution >= 0.6 is 0 Å². The van der Waals surface area contributed by atoms with Gasteiger partial charge in [-0.15, -0.1) is 0 Å². The molecule has 0 aliphatic carbocycles. The van der Waals surface area contributed by atoms with Crippen molar-refractivity contribution in [1.82, 2.24) is 4.98 Å². The molecule has 0 bridgehead atoms. The van der Waals surface area contributed by atoms with Crippen LogP contribution in [0.1, 0.15) is 23.1 Å². The van der Waals surface area contributed by atoms with Crippen molar-refractivity contribution in [3.8, 4) is 11.5 Å². The van der Waals surface area contributed by atoms with E-state index in [9.17, 15) is 10.2 Å². The first-order valence-corrected chi connectivity index (χ1v) is 8.83. The van der Waals surface area contributed by atoms with Crippen LogP contribution in [-0.2, 0) is 11.8 Å². The molecule has 1 aromatic heterocycles. The molecular weight excluding hydrogens is 328 g/mol. The molecule has 0 saturated heterocycles. The Hall–Kier alpha value is -2.99. The van der Waals surface area contributed by atoms with Gasteiger partial charge in [0.1, 0.15) is 0 Å². The largest absolute Gasteiger partial charge is 0.504 e. The van der Waals surface area contributed by atoms with Gasteiger partial charge in [-0.05, 0) is 48.7 Å². The number of phenolic OH excluding ortho intramolecular Hbond substituents is 2. The first kappa shape index (κ1) is 15.3. The van der Waals surface area contributed by atoms with Crippen molar-refractivity contribution in [2.75, 3.05) is 18.4 Å². The lowest BCUT2D eigenvalue weighted by Gasteiger charge is -2.36. The quantitative estimate of drug-likeness (QED) is 0.459. The molecule has 0 fully saturated rings. The molecule has 26 heavy (non-hydrogen) atoms. The first-order valence-electron chi connectivity index (χ1n) is 8.83. The Balaban J connectivity index is 1.85. The lowest BCUT2D eigenvalue weighted by Crippen LogP contribution is -2.35. The highest BCUT2D eigenvalue weighted by molar-refractivity contribution is 6.02. The van der Waals surface area contributed by atoms with Crippen LogP contribution in [0.25, 0.3) is 10.9 Å². The van der Waals surface area contributed by atoms with Gasteiger partial charge in [0.15, 0.2) is 11.5 Å². The minimum absolute atomic E-state index is 0.114. The van der Waals surface area contributed by atoms with Gasteiger partial charge in [-0.2, -0.15) is 0 Å². The Kier molecular flexibility index (Phi) is 3.09. The average molecular weight is 348 g/mol. The van der Waals surface area contributed by atoms with Crippen molar-refractivity contribution in [2.45, 2.75) is 18.3 Å². The van der Waals surface area contributed by atoms with Crippen molar-refractivity contribution >= 4 is 28.5 Å². The molecule has 2 aliphatic rings. The van der Waals surface area contributed by atoms with Crippen LogP contribution in [-0.4, -0.2) is 34.5 Å². The maximum atomic E-state index is 10.1. The number of aromatic hydroxyl groups is 2. The second-order valence-corrected chi connectivity index (χ2v) is 7.03. The van der Waals surface area contributed by atoms with Crippen LogP contribution in [0.4, 0.5) is 11.4 Å². The zero-order valence-electron chi connectivity index (χ0n) is 14.2. The minimum atomic E-state index is -0.424. The lowest BCUT2D eigenvalue weighted by molar-refractivity contribution is 0.403. The Labute approximate surface area is 150 Å². The summed E-state index contributed by atoms with van der Waals surface area (Å²) in [5.74, 6) is -0.257. The number of fused-ring (bicyclic) bond motifs is 6. The predicted octanol–water partition coefficient (Wildman–Crippen LogP) is 2.90. The van der Waals surface area contributed by atoms with Gasteiger partial charge in [-0.25, -0.2) is 0 Å². The van der Waals surface area contributed by atoms with Crippen LogP contribution in [0.3, 0.4) is 0 Å². The van der Waals surface area contributed by atoms with E-state index in [0.29, 0.717) is 12.2 Å². The van der Waals surface area contributed by atoms with E-state index in [1.807, 2.05) is 12.4 Å². The van der Waals surface area contributed by atoms with E-state index in [1.165, 1.54) is 22.6 Å². The van der Waals surface area contributed by atoms with Crippen molar-refractivity contribution in [3.05, 3.63) is 47.2 Å². The van der Waals surface area contributed by atoms with E-state index in [4.69, 9.17) is 5.73 Å². The van der Waals surface area contributed by atoms with Gasteiger partial charge in [-0.3, -0.25) is 4.99 Å². The van der Waals surface area contributed by atoms with Crippen molar-refractivity contribution in [3.63, 3.8) is 0 Å². The van der Waals surface area contributed by atoms with Gasteiger partial charge in [0.2, 0.25) is 0 Å². The molecule has 1 spiro atoms. The molecule has 3 heterocycles. The first-order chi connectivity index (χ1) is 12.6. The number of H-pyrrole nitrogens is 1. The van der Waals surface area contributed by atoms with Gasteiger partial charge in [0.25, 0.3) is 0 Å². The monoisotopic (exact) mass is 348 g/mol. The molecule has 0 radical (unpaired) electrons. The molecular formula is C20H20N4O2. The number of anilines is 1. The Morgan fingerprint density at radius 2 is 2.04 bits per heavy atom. The highest BCUT2D eigenvalue weighted by Gasteiger charge is 2.43. The van der Waals surface area contributed by atoms with Crippen molar-refractivity contribution in [2.24, 2.45) is 10.7 Å². The second-order valence-electron chi connectivity index (χ2n) is 7.03. The summed E-state index contributed by atoms with van der Waals surface area (Å²) in [7, 11) is 0. The maximum absolute atomic E-state index is 10.1. The molecule has 2 aromatic carbocycles. The SMILES string of the molecule is NCCc1c[nH]c2ccc3c(c12)C1(C=Nc2cc(O)c(O)cc21)CCN3. The van der Waals surface area contributed by atoms with Crippen molar-refractivity contribution < 1.29 is 10.2 Å². The molecule has 132 valence electrons. The Morgan fingerprint density at radius 1 is 1.19 bits per heavy atom. The highest BCUT2D eigenvalue weighted by atomic mass is 16.3. The summed E-state index contributed by atoms with van der Waals surface area (Å²) in [6, 6.07) is 7.37. The molecule has 6 heteroatoms. The van der Waals surface area contributed by atoms with Gasteiger partial charge < -0.3 is 26.2 Å². The van der Waals surface area contributed by atoms with E-state index in [2.05, 4.69) is 27.4 Å². The zero-order chi connectivity index (χ0) is 17.9. The molecule has 1 atom stereocenters. The molecule has 1 unspecified atom stereocenters. The standard InChI is InChI=1S/C20H20N4O2/c21-5-3-11-9-23-13-1-2-14-19(18(11)13)20(4-6-22-14)10-24-15-8-17(26)16(25)7-12(15)20/h1-2,7-10,22-23,25-26H,3-6,21H2. The maximum Gasteiger partial charge on any atom is 0.159 e. The highest BCUT2D eigenvalue weighted by Crippen LogP contribution is 2.53. The smallest absolute Gasteiger partial charge is 0.159 e. The fourth-order valence-electron chi connectivity index (χ4n) is 4.45. The summed E-state index contributed by atoms with van der Waals surface area (Å²) >= 11 is 0. The molecule has 5 rings (SSSR count). The fourth-order valence-corrected chi connectivity index (χ4v) is 4.45. The van der Waals surface area contributed by atoms with E-state index in [1.54, 1.807) is 6.07 Å². The summed E-state index contributed by atoms with van der Waals surface area (Å²) < 4.78 is 0. The van der Waals surface area contributed by atoms with Crippen LogP contribution in [0.5, 0.6) is 11.5 Å². The van der Waals surface area contributed by atoms with Gasteiger partial charge >= 0.3 is 0 Å². The number of phenols is 2. The number of benzene rings is 2. The Bertz CT molecular complexity index is 1070. The number of hydrogen-bond acceptors (Lipinski definition) is 5. The number of nitrogens with zero attached hydrogens (tertiary/aromatic N) is 1. The van der Waals surface area contributed by atoms with E-state index < -0.39 is 5.41 Å². The number of aliphatic imine (C=N–C) groups is 1. The predicted molar refractivity (Wildman–Crippen MR) is 103 cm³/mol. The number of nitrogens with two attached hydrogens (primary N) is 1. The van der Waals surface area contributed by atoms with Gasteiger partial charge in [0.05, 0.1) is 11.1 Å². The third-order valence-corrected chi connectivity index (χ3v) is 5.62. The zero-order valence-corrected chi connectivity index (χ0v) is 14.2. The number of aromatic nitrogens is 1. The van der Waals surface area contributed by atoms with Crippen LogP contribution in [0, 0.1) is 0 Å². The van der Waals surface area contributed by atoms with Crippen LogP contribution < -0.4 is 11.1 Å². The molecule has 3 aromatic rings. The topological polar surface area (TPSA) is 107 Å². The van der Waals surface area contributed by atoms with Crippen LogP contribution in [0.15, 0.2) is 35.5 Å². The fraction of sp³-hybridized carbons (Fsp3) is 0.250. The van der Waals surface area contributed by atoms with Gasteiger partial charge in [-0.1, -0.05) is 0 Å². The third-order valence-electron chi connectivity index (χ3n) is 5.62. The average Bonchev–Trinajstić information content (AvgIpc) is 3.19. The number of hydrogen-bond donors (Lipinski definition) is 5. The van der Waals surface area contributed by atoms with E-state index in [0.717, 1.165) is 36.2 Å². The van der Waals surface area contributed by atoms with Crippen molar-refractivity contribution in [1.29, 1.82) is 0 Å². The number of nitrogens with one attached hydrogen (secondary N) is 2. The second kappa shape index (κ2) is 5.25. The van der Waals surface area contributed by atoms with E-state index in [-0.39, 0.29) is 11.5 Å². The number of aromatic amines is 1. The summed E-state index contributed by atoms with van der Waals surface area (Å²) in [5, 5.41) is 24.7. The Morgan fingerprint density at radius 3 is 2.88 bits per heavy atom. The summed E-state index contributed by atoms with van der Waals surface area (Å²) in [6.07, 6.45) is 5.61. The number of rotatable bonds is 2. The third kappa shape index (κ3) is 1.87. The lowest BCUT2D eigenvalue weighted by atomic mass is 9.69. The molecule has 6 nitrogen and oxygen atoms in total. The molecule has 2 aliphatic heterocycles. The van der Waals surface area contributed by atoms with E-state index >= 15 is 0 Å². The minimum Gasteiger partial charge on any atom is -0.504 e. The summed E-state index contributed by atoms with van der Waals surface area (Å²) in [6.45, 7) is 1.39. The molecule has 0 amide bonds.